The minimum Gasteiger partial charge on any atom is -0.493 e. The number of thiazole rings is 1. The van der Waals surface area contributed by atoms with E-state index in [2.05, 4.69) is 35.2 Å². The van der Waals surface area contributed by atoms with E-state index in [9.17, 15) is 9.59 Å². The highest BCUT2D eigenvalue weighted by Crippen LogP contribution is 2.28. The number of hydrogen-bond donors (Lipinski definition) is 0. The molecule has 2 heterocycles. The van der Waals surface area contributed by atoms with Crippen LogP contribution in [0, 0.1) is 5.92 Å². The van der Waals surface area contributed by atoms with Crippen molar-refractivity contribution in [1.29, 1.82) is 0 Å². The van der Waals surface area contributed by atoms with E-state index in [0.717, 1.165) is 53.3 Å². The second-order valence-corrected chi connectivity index (χ2v) is 12.5. The summed E-state index contributed by atoms with van der Waals surface area (Å²) in [7, 11) is 3.28. The quantitative estimate of drug-likeness (QED) is 0.136. The van der Waals surface area contributed by atoms with Crippen molar-refractivity contribution in [1.82, 2.24) is 14.8 Å². The van der Waals surface area contributed by atoms with Crippen LogP contribution in [-0.2, 0) is 35.6 Å². The standard InChI is InChI=1S/C37H43N3O6S/c1-4-45-37(42)30-11-8-19-40(23-30)36(41)32-26-47-35(38-32)24-39(20-18-27-14-17-33(43-2)34(21-27)44-3)22-28-12-15-31(16-13-28)46-25-29-9-6-5-7-10-29/h5-7,9-10,12-17,21,26,30H,4,8,11,18-20,22-25H2,1-3H3. The fourth-order valence-corrected chi connectivity index (χ4v) is 6.49. The lowest BCUT2D eigenvalue weighted by Crippen LogP contribution is -2.43. The van der Waals surface area contributed by atoms with Crippen LogP contribution in [0.5, 0.6) is 17.2 Å². The molecule has 0 aliphatic carbocycles. The molecule has 1 atom stereocenters. The molecule has 248 valence electrons. The summed E-state index contributed by atoms with van der Waals surface area (Å²) < 4.78 is 22.1. The highest BCUT2D eigenvalue weighted by Gasteiger charge is 2.30. The first kappa shape index (κ1) is 33.9. The summed E-state index contributed by atoms with van der Waals surface area (Å²) in [5.74, 6) is 1.57. The third kappa shape index (κ3) is 9.56. The normalized spacial score (nSPS) is 14.6. The summed E-state index contributed by atoms with van der Waals surface area (Å²) in [4.78, 5) is 34.5. The van der Waals surface area contributed by atoms with Gasteiger partial charge in [-0.15, -0.1) is 11.3 Å². The summed E-state index contributed by atoms with van der Waals surface area (Å²) in [5, 5.41) is 2.69. The van der Waals surface area contributed by atoms with Gasteiger partial charge in [0.1, 0.15) is 23.1 Å². The van der Waals surface area contributed by atoms with Gasteiger partial charge >= 0.3 is 5.97 Å². The van der Waals surface area contributed by atoms with E-state index in [1.165, 1.54) is 11.3 Å². The molecule has 4 aromatic rings. The number of amides is 1. The van der Waals surface area contributed by atoms with Gasteiger partial charge in [-0.25, -0.2) is 4.98 Å². The van der Waals surface area contributed by atoms with E-state index < -0.39 is 0 Å². The topological polar surface area (TPSA) is 90.4 Å². The number of ether oxygens (including phenoxy) is 4. The Hall–Kier alpha value is -4.41. The van der Waals surface area contributed by atoms with Gasteiger partial charge < -0.3 is 23.8 Å². The SMILES string of the molecule is CCOC(=O)C1CCCN(C(=O)c2csc(CN(CCc3ccc(OC)c(OC)c3)Cc3ccc(OCc4ccccc4)cc3)n2)C1. The second kappa shape index (κ2) is 16.9. The number of esters is 1. The van der Waals surface area contributed by atoms with E-state index >= 15 is 0 Å². The van der Waals surface area contributed by atoms with Crippen LogP contribution in [-0.4, -0.2) is 67.1 Å². The van der Waals surface area contributed by atoms with E-state index in [4.69, 9.17) is 23.9 Å². The molecule has 10 heteroatoms. The number of rotatable bonds is 15. The van der Waals surface area contributed by atoms with E-state index in [1.54, 1.807) is 26.0 Å². The lowest BCUT2D eigenvalue weighted by atomic mass is 9.98. The molecule has 0 bridgehead atoms. The maximum absolute atomic E-state index is 13.4. The van der Waals surface area contributed by atoms with Crippen LogP contribution in [0.2, 0.25) is 0 Å². The van der Waals surface area contributed by atoms with E-state index in [1.807, 2.05) is 47.8 Å². The fraction of sp³-hybridized carbons (Fsp3) is 0.378. The lowest BCUT2D eigenvalue weighted by Gasteiger charge is -2.31. The van der Waals surface area contributed by atoms with Crippen molar-refractivity contribution >= 4 is 23.2 Å². The number of likely N-dealkylation sites (tertiary alicyclic amines) is 1. The lowest BCUT2D eigenvalue weighted by molar-refractivity contribution is -0.149. The van der Waals surface area contributed by atoms with Crippen LogP contribution in [0.1, 0.15) is 52.0 Å². The van der Waals surface area contributed by atoms with E-state index in [0.29, 0.717) is 56.6 Å². The minimum absolute atomic E-state index is 0.135. The summed E-state index contributed by atoms with van der Waals surface area (Å²) in [5.41, 5.74) is 3.83. The minimum atomic E-state index is -0.284. The van der Waals surface area contributed by atoms with Crippen molar-refractivity contribution in [2.45, 2.75) is 45.9 Å². The Labute approximate surface area is 281 Å². The molecular formula is C37H43N3O6S. The van der Waals surface area contributed by atoms with Crippen LogP contribution < -0.4 is 14.2 Å². The second-order valence-electron chi connectivity index (χ2n) is 11.5. The van der Waals surface area contributed by atoms with Crippen LogP contribution in [0.4, 0.5) is 0 Å². The zero-order valence-corrected chi connectivity index (χ0v) is 28.2. The number of benzene rings is 3. The van der Waals surface area contributed by atoms with Gasteiger partial charge in [-0.1, -0.05) is 48.5 Å². The first-order valence-corrected chi connectivity index (χ1v) is 16.9. The van der Waals surface area contributed by atoms with Crippen LogP contribution >= 0.6 is 11.3 Å². The van der Waals surface area contributed by atoms with Crippen LogP contribution in [0.25, 0.3) is 0 Å². The average molecular weight is 658 g/mol. The molecule has 1 aliphatic heterocycles. The zero-order valence-electron chi connectivity index (χ0n) is 27.4. The molecule has 3 aromatic carbocycles. The average Bonchev–Trinajstić information content (AvgIpc) is 3.58. The number of nitrogens with zero attached hydrogens (tertiary/aromatic N) is 3. The molecule has 1 amide bonds. The van der Waals surface area contributed by atoms with E-state index in [-0.39, 0.29) is 17.8 Å². The van der Waals surface area contributed by atoms with Crippen molar-refractivity contribution in [3.63, 3.8) is 0 Å². The van der Waals surface area contributed by atoms with Crippen molar-refractivity contribution in [2.75, 3.05) is 40.5 Å². The van der Waals surface area contributed by atoms with Crippen molar-refractivity contribution in [3.8, 4) is 17.2 Å². The molecule has 1 aliphatic rings. The molecule has 0 spiro atoms. The maximum atomic E-state index is 13.4. The Morgan fingerprint density at radius 2 is 1.70 bits per heavy atom. The van der Waals surface area contributed by atoms with Gasteiger partial charge in [-0.3, -0.25) is 14.5 Å². The third-order valence-electron chi connectivity index (χ3n) is 8.20. The van der Waals surface area contributed by atoms with Crippen LogP contribution in [0.15, 0.2) is 78.2 Å². The third-order valence-corrected chi connectivity index (χ3v) is 9.03. The Morgan fingerprint density at radius 3 is 2.45 bits per heavy atom. The smallest absolute Gasteiger partial charge is 0.310 e. The molecule has 47 heavy (non-hydrogen) atoms. The molecule has 1 saturated heterocycles. The maximum Gasteiger partial charge on any atom is 0.310 e. The summed E-state index contributed by atoms with van der Waals surface area (Å²) >= 11 is 1.49. The van der Waals surface area contributed by atoms with Gasteiger partial charge in [-0.2, -0.15) is 0 Å². The van der Waals surface area contributed by atoms with Crippen molar-refractivity contribution in [3.05, 3.63) is 106 Å². The number of methoxy groups -OCH3 is 2. The number of hydrogen-bond acceptors (Lipinski definition) is 9. The van der Waals surface area contributed by atoms with Crippen molar-refractivity contribution < 1.29 is 28.5 Å². The predicted octanol–water partition coefficient (Wildman–Crippen LogP) is 6.40. The first-order chi connectivity index (χ1) is 22.9. The Kier molecular flexibility index (Phi) is 12.2. The van der Waals surface area contributed by atoms with Gasteiger partial charge in [0.15, 0.2) is 11.5 Å². The molecular weight excluding hydrogens is 614 g/mol. The summed E-state index contributed by atoms with van der Waals surface area (Å²) in [6.45, 7) is 5.69. The Bertz CT molecular complexity index is 1590. The predicted molar refractivity (Wildman–Crippen MR) is 182 cm³/mol. The summed E-state index contributed by atoms with van der Waals surface area (Å²) in [6, 6.07) is 24.3. The molecule has 5 rings (SSSR count). The summed E-state index contributed by atoms with van der Waals surface area (Å²) in [6.07, 6.45) is 2.30. The number of piperidine rings is 1. The molecule has 1 fully saturated rings. The molecule has 1 unspecified atom stereocenters. The largest absolute Gasteiger partial charge is 0.493 e. The number of carbonyl (C=O) groups excluding carboxylic acids is 2. The molecule has 0 saturated carbocycles. The highest BCUT2D eigenvalue weighted by molar-refractivity contribution is 7.09. The van der Waals surface area contributed by atoms with Gasteiger partial charge in [0, 0.05) is 31.6 Å². The molecule has 0 radical (unpaired) electrons. The van der Waals surface area contributed by atoms with Crippen molar-refractivity contribution in [2.24, 2.45) is 5.92 Å². The van der Waals surface area contributed by atoms with Gasteiger partial charge in [-0.05, 0) is 67.1 Å². The zero-order chi connectivity index (χ0) is 33.0. The molecule has 9 nitrogen and oxygen atoms in total. The highest BCUT2D eigenvalue weighted by atomic mass is 32.1. The molecule has 0 N–H and O–H groups in total. The van der Waals surface area contributed by atoms with Gasteiger partial charge in [0.25, 0.3) is 5.91 Å². The van der Waals surface area contributed by atoms with Gasteiger partial charge in [0.2, 0.25) is 0 Å². The monoisotopic (exact) mass is 657 g/mol. The van der Waals surface area contributed by atoms with Gasteiger partial charge in [0.05, 0.1) is 33.3 Å². The Balaban J connectivity index is 1.26. The first-order valence-electron chi connectivity index (χ1n) is 16.0. The fourth-order valence-electron chi connectivity index (χ4n) is 5.68. The number of aromatic nitrogens is 1. The number of carbonyl (C=O) groups is 2. The Morgan fingerprint density at radius 1 is 0.936 bits per heavy atom. The van der Waals surface area contributed by atoms with Crippen LogP contribution in [0.3, 0.4) is 0 Å². The molecule has 1 aromatic heterocycles.